The Morgan fingerprint density at radius 1 is 1.00 bits per heavy atom. The summed E-state index contributed by atoms with van der Waals surface area (Å²) in [5.74, 6) is 1.49. The van der Waals surface area contributed by atoms with Gasteiger partial charge in [-0.25, -0.2) is 0 Å². The van der Waals surface area contributed by atoms with Crippen molar-refractivity contribution in [1.82, 2.24) is 4.57 Å². The lowest BCUT2D eigenvalue weighted by atomic mass is 10.1. The fourth-order valence-electron chi connectivity index (χ4n) is 3.28. The molecule has 0 aliphatic carbocycles. The SMILES string of the molecule is COc1ccc(NC(=O)CCn2c(=O)cc(C)c3cccc(OC)c32)c(OC)c1. The van der Waals surface area contributed by atoms with Crippen LogP contribution in [0.2, 0.25) is 0 Å². The van der Waals surface area contributed by atoms with Crippen molar-refractivity contribution < 1.29 is 19.0 Å². The van der Waals surface area contributed by atoms with E-state index >= 15 is 0 Å². The first kappa shape index (κ1) is 20.3. The van der Waals surface area contributed by atoms with Crippen LogP contribution in [0.5, 0.6) is 17.2 Å². The highest BCUT2D eigenvalue weighted by Crippen LogP contribution is 2.29. The maximum atomic E-state index is 12.6. The van der Waals surface area contributed by atoms with Crippen LogP contribution in [0.4, 0.5) is 5.69 Å². The summed E-state index contributed by atoms with van der Waals surface area (Å²) < 4.78 is 17.5. The number of carbonyl (C=O) groups excluding carboxylic acids is 1. The Labute approximate surface area is 168 Å². The summed E-state index contributed by atoms with van der Waals surface area (Å²) in [5, 5.41) is 3.74. The lowest BCUT2D eigenvalue weighted by Gasteiger charge is -2.15. The zero-order valence-corrected chi connectivity index (χ0v) is 16.9. The van der Waals surface area contributed by atoms with Crippen LogP contribution in [0, 0.1) is 6.92 Å². The van der Waals surface area contributed by atoms with E-state index in [2.05, 4.69) is 5.32 Å². The van der Waals surface area contributed by atoms with Crippen molar-refractivity contribution >= 4 is 22.5 Å². The standard InChI is InChI=1S/C22H24N2O5/c1-14-12-21(26)24(22-16(14)6-5-7-18(22)28-3)11-10-20(25)23-17-9-8-15(27-2)13-19(17)29-4/h5-9,12-13H,10-11H2,1-4H3,(H,23,25). The fourth-order valence-corrected chi connectivity index (χ4v) is 3.28. The molecule has 0 aliphatic rings. The monoisotopic (exact) mass is 396 g/mol. The molecule has 0 bridgehead atoms. The van der Waals surface area contributed by atoms with E-state index in [1.807, 2.05) is 19.1 Å². The minimum absolute atomic E-state index is 0.116. The van der Waals surface area contributed by atoms with E-state index in [4.69, 9.17) is 14.2 Å². The second-order valence-electron chi connectivity index (χ2n) is 6.54. The minimum Gasteiger partial charge on any atom is -0.497 e. The molecule has 0 spiro atoms. The van der Waals surface area contributed by atoms with Gasteiger partial charge in [0.15, 0.2) is 0 Å². The Hall–Kier alpha value is -3.48. The number of rotatable bonds is 7. The topological polar surface area (TPSA) is 78.8 Å². The molecule has 0 atom stereocenters. The fraction of sp³-hybridized carbons (Fsp3) is 0.273. The molecule has 7 nitrogen and oxygen atoms in total. The van der Waals surface area contributed by atoms with Gasteiger partial charge in [0, 0.05) is 30.5 Å². The second-order valence-corrected chi connectivity index (χ2v) is 6.54. The summed E-state index contributed by atoms with van der Waals surface area (Å²) in [5.41, 5.74) is 1.92. The zero-order chi connectivity index (χ0) is 21.0. The number of amides is 1. The van der Waals surface area contributed by atoms with E-state index in [0.717, 1.165) is 10.9 Å². The minimum atomic E-state index is -0.232. The third-order valence-electron chi connectivity index (χ3n) is 4.76. The number of hydrogen-bond acceptors (Lipinski definition) is 5. The molecule has 2 aromatic carbocycles. The number of carbonyl (C=O) groups is 1. The summed E-state index contributed by atoms with van der Waals surface area (Å²) in [6.07, 6.45) is 0.116. The summed E-state index contributed by atoms with van der Waals surface area (Å²) in [6, 6.07) is 12.3. The van der Waals surface area contributed by atoms with Crippen molar-refractivity contribution in [3.05, 3.63) is 58.4 Å². The molecule has 1 N–H and O–H groups in total. The number of fused-ring (bicyclic) bond motifs is 1. The number of nitrogens with one attached hydrogen (secondary N) is 1. The first-order chi connectivity index (χ1) is 14.0. The van der Waals surface area contributed by atoms with E-state index < -0.39 is 0 Å². The first-order valence-electron chi connectivity index (χ1n) is 9.17. The smallest absolute Gasteiger partial charge is 0.251 e. The molecule has 3 rings (SSSR count). The molecule has 0 unspecified atom stereocenters. The van der Waals surface area contributed by atoms with Crippen LogP contribution >= 0.6 is 0 Å². The van der Waals surface area contributed by atoms with Gasteiger partial charge in [-0.3, -0.25) is 9.59 Å². The predicted octanol–water partition coefficient (Wildman–Crippen LogP) is 3.36. The highest BCUT2D eigenvalue weighted by molar-refractivity contribution is 5.93. The van der Waals surface area contributed by atoms with Crippen molar-refractivity contribution in [2.75, 3.05) is 26.6 Å². The van der Waals surface area contributed by atoms with Crippen molar-refractivity contribution in [3.8, 4) is 17.2 Å². The molecule has 152 valence electrons. The molecule has 7 heteroatoms. The van der Waals surface area contributed by atoms with Crippen LogP contribution in [-0.2, 0) is 11.3 Å². The molecule has 3 aromatic rings. The molecule has 1 amide bonds. The van der Waals surface area contributed by atoms with Crippen molar-refractivity contribution in [2.45, 2.75) is 19.9 Å². The number of methoxy groups -OCH3 is 3. The quantitative estimate of drug-likeness (QED) is 0.663. The van der Waals surface area contributed by atoms with E-state index in [1.165, 1.54) is 7.11 Å². The van der Waals surface area contributed by atoms with E-state index in [9.17, 15) is 9.59 Å². The average molecular weight is 396 g/mol. The van der Waals surface area contributed by atoms with Crippen LogP contribution in [0.15, 0.2) is 47.3 Å². The average Bonchev–Trinajstić information content (AvgIpc) is 2.73. The summed E-state index contributed by atoms with van der Waals surface area (Å²) >= 11 is 0. The summed E-state index contributed by atoms with van der Waals surface area (Å²) in [4.78, 5) is 25.1. The van der Waals surface area contributed by atoms with Gasteiger partial charge in [0.2, 0.25) is 5.91 Å². The van der Waals surface area contributed by atoms with Gasteiger partial charge in [0.25, 0.3) is 5.56 Å². The maximum absolute atomic E-state index is 12.6. The molecule has 1 aromatic heterocycles. The molecular weight excluding hydrogens is 372 g/mol. The Bertz CT molecular complexity index is 1100. The van der Waals surface area contributed by atoms with Crippen LogP contribution in [0.25, 0.3) is 10.9 Å². The second kappa shape index (κ2) is 8.68. The largest absolute Gasteiger partial charge is 0.497 e. The van der Waals surface area contributed by atoms with Gasteiger partial charge in [-0.15, -0.1) is 0 Å². The lowest BCUT2D eigenvalue weighted by molar-refractivity contribution is -0.116. The lowest BCUT2D eigenvalue weighted by Crippen LogP contribution is -2.24. The van der Waals surface area contributed by atoms with Crippen molar-refractivity contribution in [1.29, 1.82) is 0 Å². The molecule has 0 radical (unpaired) electrons. The molecule has 0 fully saturated rings. The Balaban J connectivity index is 1.84. The van der Waals surface area contributed by atoms with Gasteiger partial charge in [-0.1, -0.05) is 12.1 Å². The maximum Gasteiger partial charge on any atom is 0.251 e. The van der Waals surface area contributed by atoms with E-state index in [1.54, 1.807) is 49.1 Å². The number of hydrogen-bond donors (Lipinski definition) is 1. The third-order valence-corrected chi connectivity index (χ3v) is 4.76. The van der Waals surface area contributed by atoms with Crippen LogP contribution < -0.4 is 25.1 Å². The number of ether oxygens (including phenoxy) is 3. The van der Waals surface area contributed by atoms with Gasteiger partial charge in [0.05, 0.1) is 32.5 Å². The van der Waals surface area contributed by atoms with E-state index in [-0.39, 0.29) is 24.4 Å². The highest BCUT2D eigenvalue weighted by Gasteiger charge is 2.14. The zero-order valence-electron chi connectivity index (χ0n) is 16.9. The molecule has 29 heavy (non-hydrogen) atoms. The number of pyridine rings is 1. The van der Waals surface area contributed by atoms with Gasteiger partial charge >= 0.3 is 0 Å². The number of anilines is 1. The molecular formula is C22H24N2O5. The van der Waals surface area contributed by atoms with Gasteiger partial charge in [0.1, 0.15) is 17.2 Å². The van der Waals surface area contributed by atoms with Crippen LogP contribution in [0.1, 0.15) is 12.0 Å². The van der Waals surface area contributed by atoms with Crippen LogP contribution in [0.3, 0.4) is 0 Å². The molecule has 0 saturated carbocycles. The normalized spacial score (nSPS) is 10.6. The number of nitrogens with zero attached hydrogens (tertiary/aromatic N) is 1. The van der Waals surface area contributed by atoms with E-state index in [0.29, 0.717) is 28.5 Å². The van der Waals surface area contributed by atoms with Gasteiger partial charge in [-0.05, 0) is 30.7 Å². The van der Waals surface area contributed by atoms with Crippen molar-refractivity contribution in [3.63, 3.8) is 0 Å². The molecule has 0 saturated heterocycles. The number of para-hydroxylation sites is 1. The Morgan fingerprint density at radius 2 is 1.76 bits per heavy atom. The van der Waals surface area contributed by atoms with Gasteiger partial charge < -0.3 is 24.1 Å². The number of aromatic nitrogens is 1. The third kappa shape index (κ3) is 4.18. The molecule has 1 heterocycles. The van der Waals surface area contributed by atoms with Crippen LogP contribution in [-0.4, -0.2) is 31.8 Å². The predicted molar refractivity (Wildman–Crippen MR) is 112 cm³/mol. The van der Waals surface area contributed by atoms with Gasteiger partial charge in [-0.2, -0.15) is 0 Å². The highest BCUT2D eigenvalue weighted by atomic mass is 16.5. The number of aryl methyl sites for hydroxylation is 2. The summed E-state index contributed by atoms with van der Waals surface area (Å²) in [7, 11) is 4.65. The summed E-state index contributed by atoms with van der Waals surface area (Å²) in [6.45, 7) is 2.11. The molecule has 0 aliphatic heterocycles. The Kier molecular flexibility index (Phi) is 6.07. The number of benzene rings is 2. The first-order valence-corrected chi connectivity index (χ1v) is 9.17. The Morgan fingerprint density at radius 3 is 2.45 bits per heavy atom. The van der Waals surface area contributed by atoms with Crippen molar-refractivity contribution in [2.24, 2.45) is 0 Å².